The number of nitrogen functional groups attached to an aromatic ring is 1. The minimum Gasteiger partial charge on any atom is -0.393 e. The minimum atomic E-state index is -0.565. The molecule has 1 fully saturated rings. The van der Waals surface area contributed by atoms with E-state index in [4.69, 9.17) is 5.73 Å². The maximum absolute atomic E-state index is 12.2. The Hall–Kier alpha value is -2.11. The lowest BCUT2D eigenvalue weighted by atomic mass is 10.0. The number of nitrogens with one attached hydrogen (secondary N) is 1. The third-order valence-corrected chi connectivity index (χ3v) is 4.78. The second-order valence-corrected chi connectivity index (χ2v) is 6.38. The van der Waals surface area contributed by atoms with Gasteiger partial charge in [-0.25, -0.2) is 0 Å². The molecule has 6 nitrogen and oxygen atoms in total. The molecule has 1 amide bonds. The summed E-state index contributed by atoms with van der Waals surface area (Å²) in [4.78, 5) is 22.3. The third kappa shape index (κ3) is 2.01. The van der Waals surface area contributed by atoms with Gasteiger partial charge >= 0.3 is 0 Å². The Labute approximate surface area is 117 Å². The number of amides is 1. The van der Waals surface area contributed by atoms with Gasteiger partial charge in [0.1, 0.15) is 5.69 Å². The summed E-state index contributed by atoms with van der Waals surface area (Å²) in [6.45, 7) is 8.40. The van der Waals surface area contributed by atoms with E-state index in [-0.39, 0.29) is 34.2 Å². The zero-order valence-corrected chi connectivity index (χ0v) is 12.1. The van der Waals surface area contributed by atoms with Crippen molar-refractivity contribution in [3.05, 3.63) is 33.9 Å². The second-order valence-electron chi connectivity index (χ2n) is 6.38. The number of nitro groups is 1. The van der Waals surface area contributed by atoms with Crippen molar-refractivity contribution in [1.29, 1.82) is 0 Å². The third-order valence-electron chi connectivity index (χ3n) is 4.78. The highest BCUT2D eigenvalue weighted by Gasteiger charge is 2.65. The average Bonchev–Trinajstić information content (AvgIpc) is 2.71. The molecule has 0 spiro atoms. The van der Waals surface area contributed by atoms with Crippen molar-refractivity contribution in [3.8, 4) is 0 Å². The number of rotatable bonds is 3. The Morgan fingerprint density at radius 3 is 2.25 bits per heavy atom. The van der Waals surface area contributed by atoms with Crippen LogP contribution < -0.4 is 11.1 Å². The van der Waals surface area contributed by atoms with Crippen LogP contribution in [-0.4, -0.2) is 16.9 Å². The van der Waals surface area contributed by atoms with Crippen LogP contribution in [0.4, 0.5) is 11.4 Å². The van der Waals surface area contributed by atoms with Crippen LogP contribution in [0.5, 0.6) is 0 Å². The molecule has 6 heteroatoms. The van der Waals surface area contributed by atoms with Gasteiger partial charge in [-0.3, -0.25) is 14.9 Å². The fourth-order valence-electron chi connectivity index (χ4n) is 2.63. The quantitative estimate of drug-likeness (QED) is 0.503. The van der Waals surface area contributed by atoms with E-state index in [1.165, 1.54) is 18.2 Å². The van der Waals surface area contributed by atoms with Crippen molar-refractivity contribution in [2.24, 2.45) is 10.8 Å². The largest absolute Gasteiger partial charge is 0.393 e. The number of hydrogen-bond donors (Lipinski definition) is 2. The summed E-state index contributed by atoms with van der Waals surface area (Å²) in [6.07, 6.45) is 0. The molecule has 1 saturated carbocycles. The Kier molecular flexibility index (Phi) is 3.00. The molecular formula is C14H19N3O3. The molecule has 0 heterocycles. The van der Waals surface area contributed by atoms with Gasteiger partial charge in [0.25, 0.3) is 11.6 Å². The summed E-state index contributed by atoms with van der Waals surface area (Å²) < 4.78 is 0. The van der Waals surface area contributed by atoms with Crippen LogP contribution >= 0.6 is 0 Å². The Morgan fingerprint density at radius 2 is 1.85 bits per heavy atom. The van der Waals surface area contributed by atoms with Gasteiger partial charge in [0.05, 0.1) is 4.92 Å². The lowest BCUT2D eigenvalue weighted by molar-refractivity contribution is -0.383. The van der Waals surface area contributed by atoms with Crippen molar-refractivity contribution in [2.75, 3.05) is 5.73 Å². The maximum Gasteiger partial charge on any atom is 0.292 e. The molecule has 0 atom stereocenters. The molecule has 0 radical (unpaired) electrons. The van der Waals surface area contributed by atoms with E-state index in [1.54, 1.807) is 0 Å². The first-order valence-electron chi connectivity index (χ1n) is 6.44. The van der Waals surface area contributed by atoms with Gasteiger partial charge in [-0.05, 0) is 23.0 Å². The van der Waals surface area contributed by atoms with Crippen LogP contribution in [0.15, 0.2) is 18.2 Å². The van der Waals surface area contributed by atoms with Gasteiger partial charge in [0, 0.05) is 17.7 Å². The Bertz CT molecular complexity index is 579. The van der Waals surface area contributed by atoms with Crippen LogP contribution in [0, 0.1) is 20.9 Å². The molecule has 108 valence electrons. The van der Waals surface area contributed by atoms with Crippen molar-refractivity contribution in [3.63, 3.8) is 0 Å². The first-order chi connectivity index (χ1) is 9.09. The van der Waals surface area contributed by atoms with E-state index in [1.807, 2.05) is 0 Å². The average molecular weight is 277 g/mol. The summed E-state index contributed by atoms with van der Waals surface area (Å²) in [5.74, 6) is -0.254. The van der Waals surface area contributed by atoms with E-state index in [9.17, 15) is 14.9 Å². The van der Waals surface area contributed by atoms with Gasteiger partial charge in [-0.15, -0.1) is 0 Å². The molecule has 20 heavy (non-hydrogen) atoms. The topological polar surface area (TPSA) is 98.3 Å². The monoisotopic (exact) mass is 277 g/mol. The van der Waals surface area contributed by atoms with Gasteiger partial charge in [0.15, 0.2) is 0 Å². The zero-order valence-electron chi connectivity index (χ0n) is 12.1. The zero-order chi connectivity index (χ0) is 15.3. The molecule has 0 aliphatic heterocycles. The molecule has 0 saturated heterocycles. The van der Waals surface area contributed by atoms with Crippen LogP contribution in [-0.2, 0) is 0 Å². The van der Waals surface area contributed by atoms with Gasteiger partial charge < -0.3 is 11.1 Å². The first kappa shape index (κ1) is 14.3. The van der Waals surface area contributed by atoms with Crippen LogP contribution in [0.25, 0.3) is 0 Å². The summed E-state index contributed by atoms with van der Waals surface area (Å²) in [6, 6.07) is 4.11. The minimum absolute atomic E-state index is 0.00281. The Morgan fingerprint density at radius 1 is 1.30 bits per heavy atom. The maximum atomic E-state index is 12.2. The molecule has 0 aromatic heterocycles. The Balaban J connectivity index is 2.16. The summed E-state index contributed by atoms with van der Waals surface area (Å²) in [7, 11) is 0. The number of nitrogens with two attached hydrogens (primary N) is 1. The number of nitrogens with zero attached hydrogens (tertiary/aromatic N) is 1. The molecule has 0 unspecified atom stereocenters. The van der Waals surface area contributed by atoms with Gasteiger partial charge in [0.2, 0.25) is 0 Å². The second kappa shape index (κ2) is 4.19. The lowest BCUT2D eigenvalue weighted by Gasteiger charge is -2.07. The molecule has 3 N–H and O–H groups in total. The van der Waals surface area contributed by atoms with Crippen molar-refractivity contribution in [1.82, 2.24) is 5.32 Å². The van der Waals surface area contributed by atoms with E-state index >= 15 is 0 Å². The van der Waals surface area contributed by atoms with Gasteiger partial charge in [-0.2, -0.15) is 0 Å². The summed E-state index contributed by atoms with van der Waals surface area (Å²) >= 11 is 0. The molecule has 1 aliphatic carbocycles. The molecule has 1 aliphatic rings. The number of carbonyl (C=O) groups is 1. The number of benzene rings is 1. The molecule has 0 bridgehead atoms. The molecular weight excluding hydrogens is 258 g/mol. The highest BCUT2D eigenvalue weighted by atomic mass is 16.6. The van der Waals surface area contributed by atoms with Crippen LogP contribution in [0.1, 0.15) is 38.1 Å². The highest BCUT2D eigenvalue weighted by Crippen LogP contribution is 2.62. The summed E-state index contributed by atoms with van der Waals surface area (Å²) in [5.41, 5.74) is 5.82. The van der Waals surface area contributed by atoms with E-state index in [0.29, 0.717) is 5.56 Å². The van der Waals surface area contributed by atoms with Crippen molar-refractivity contribution < 1.29 is 9.72 Å². The lowest BCUT2D eigenvalue weighted by Crippen LogP contribution is -2.29. The van der Waals surface area contributed by atoms with Gasteiger partial charge in [-0.1, -0.05) is 27.7 Å². The highest BCUT2D eigenvalue weighted by molar-refractivity contribution is 5.96. The standard InChI is InChI=1S/C14H19N3O3/c1-13(2)12(14(13,3)4)16-11(18)8-5-6-10(17(19)20)9(15)7-8/h5-7,12H,15H2,1-4H3,(H,16,18). The van der Waals surface area contributed by atoms with Crippen LogP contribution in [0.3, 0.4) is 0 Å². The smallest absolute Gasteiger partial charge is 0.292 e. The number of carbonyl (C=O) groups excluding carboxylic acids is 1. The molecule has 1 aromatic carbocycles. The van der Waals surface area contributed by atoms with E-state index in [2.05, 4.69) is 33.0 Å². The van der Waals surface area contributed by atoms with E-state index in [0.717, 1.165) is 0 Å². The molecule has 2 rings (SSSR count). The number of anilines is 1. The predicted octanol–water partition coefficient (Wildman–Crippen LogP) is 2.34. The fourth-order valence-corrected chi connectivity index (χ4v) is 2.63. The summed E-state index contributed by atoms with van der Waals surface area (Å²) in [5, 5.41) is 13.6. The normalized spacial score (nSPS) is 19.4. The fraction of sp³-hybridized carbons (Fsp3) is 0.500. The van der Waals surface area contributed by atoms with Crippen molar-refractivity contribution in [2.45, 2.75) is 33.7 Å². The first-order valence-corrected chi connectivity index (χ1v) is 6.44. The van der Waals surface area contributed by atoms with E-state index < -0.39 is 4.92 Å². The SMILES string of the molecule is CC1(C)C(NC(=O)c2ccc([N+](=O)[O-])c(N)c2)C1(C)C. The molecule has 1 aromatic rings. The predicted molar refractivity (Wildman–Crippen MR) is 76.3 cm³/mol. The number of hydrogen-bond acceptors (Lipinski definition) is 4. The number of nitro benzene ring substituents is 1. The van der Waals surface area contributed by atoms with Crippen molar-refractivity contribution >= 4 is 17.3 Å². The van der Waals surface area contributed by atoms with Crippen LogP contribution in [0.2, 0.25) is 0 Å².